The third-order valence-electron chi connectivity index (χ3n) is 2.59. The van der Waals surface area contributed by atoms with Crippen LogP contribution < -0.4 is 10.1 Å². The van der Waals surface area contributed by atoms with Crippen molar-refractivity contribution in [3.8, 4) is 5.75 Å². The Morgan fingerprint density at radius 1 is 1.20 bits per heavy atom. The molecule has 3 nitrogen and oxygen atoms in total. The Hall–Kier alpha value is -2.11. The zero-order valence-corrected chi connectivity index (χ0v) is 10.8. The van der Waals surface area contributed by atoms with Crippen molar-refractivity contribution in [2.24, 2.45) is 0 Å². The lowest BCUT2D eigenvalue weighted by atomic mass is 10.2. The fourth-order valence-corrected chi connectivity index (χ4v) is 1.82. The lowest BCUT2D eigenvalue weighted by Gasteiger charge is -2.15. The van der Waals surface area contributed by atoms with Gasteiger partial charge in [-0.2, -0.15) is 0 Å². The SMILES string of the molecule is CC(Cc1ccco1)Nc1ccc(OC(F)(F)F)cc1. The molecule has 1 aromatic carbocycles. The van der Waals surface area contributed by atoms with Gasteiger partial charge in [0, 0.05) is 18.2 Å². The summed E-state index contributed by atoms with van der Waals surface area (Å²) >= 11 is 0. The predicted molar refractivity (Wildman–Crippen MR) is 68.6 cm³/mol. The normalized spacial score (nSPS) is 13.0. The van der Waals surface area contributed by atoms with Gasteiger partial charge in [0.15, 0.2) is 0 Å². The molecule has 2 aromatic rings. The molecule has 1 heterocycles. The van der Waals surface area contributed by atoms with Gasteiger partial charge in [0.1, 0.15) is 11.5 Å². The number of hydrogen-bond acceptors (Lipinski definition) is 3. The summed E-state index contributed by atoms with van der Waals surface area (Å²) in [6.07, 6.45) is -2.37. The fraction of sp³-hybridized carbons (Fsp3) is 0.286. The number of nitrogens with one attached hydrogen (secondary N) is 1. The molecule has 0 aliphatic heterocycles. The minimum atomic E-state index is -4.67. The molecule has 0 amide bonds. The lowest BCUT2D eigenvalue weighted by Crippen LogP contribution is -2.18. The van der Waals surface area contributed by atoms with Crippen LogP contribution in [0.5, 0.6) is 5.75 Å². The highest BCUT2D eigenvalue weighted by Gasteiger charge is 2.30. The predicted octanol–water partition coefficient (Wildman–Crippen LogP) is 4.22. The molecule has 1 aromatic heterocycles. The van der Waals surface area contributed by atoms with Crippen LogP contribution >= 0.6 is 0 Å². The molecule has 0 bridgehead atoms. The van der Waals surface area contributed by atoms with Gasteiger partial charge in [-0.3, -0.25) is 0 Å². The second-order valence-corrected chi connectivity index (χ2v) is 4.40. The van der Waals surface area contributed by atoms with Gasteiger partial charge in [0.05, 0.1) is 6.26 Å². The summed E-state index contributed by atoms with van der Waals surface area (Å²) in [5.41, 5.74) is 0.721. The van der Waals surface area contributed by atoms with Crippen LogP contribution in [0.3, 0.4) is 0 Å². The Morgan fingerprint density at radius 3 is 2.45 bits per heavy atom. The summed E-state index contributed by atoms with van der Waals surface area (Å²) in [5, 5.41) is 3.17. The molecule has 20 heavy (non-hydrogen) atoms. The molecule has 0 saturated heterocycles. The van der Waals surface area contributed by atoms with Gasteiger partial charge >= 0.3 is 6.36 Å². The highest BCUT2D eigenvalue weighted by atomic mass is 19.4. The third-order valence-corrected chi connectivity index (χ3v) is 2.59. The Morgan fingerprint density at radius 2 is 1.90 bits per heavy atom. The van der Waals surface area contributed by atoms with Gasteiger partial charge in [0.2, 0.25) is 0 Å². The smallest absolute Gasteiger partial charge is 0.469 e. The van der Waals surface area contributed by atoms with E-state index in [4.69, 9.17) is 4.42 Å². The summed E-state index contributed by atoms with van der Waals surface area (Å²) < 4.78 is 45.1. The van der Waals surface area contributed by atoms with E-state index in [1.165, 1.54) is 12.1 Å². The molecule has 0 saturated carbocycles. The van der Waals surface area contributed by atoms with Crippen molar-refractivity contribution in [3.05, 3.63) is 48.4 Å². The maximum Gasteiger partial charge on any atom is 0.573 e. The maximum atomic E-state index is 12.0. The summed E-state index contributed by atoms with van der Waals surface area (Å²) in [7, 11) is 0. The van der Waals surface area contributed by atoms with Gasteiger partial charge in [-0.25, -0.2) is 0 Å². The van der Waals surface area contributed by atoms with Crippen LogP contribution in [0.2, 0.25) is 0 Å². The van der Waals surface area contributed by atoms with Crippen molar-refractivity contribution in [2.75, 3.05) is 5.32 Å². The van der Waals surface area contributed by atoms with Crippen molar-refractivity contribution < 1.29 is 22.3 Å². The molecule has 1 N–H and O–H groups in total. The third kappa shape index (κ3) is 4.53. The van der Waals surface area contributed by atoms with Crippen molar-refractivity contribution >= 4 is 5.69 Å². The average Bonchev–Trinajstić information content (AvgIpc) is 2.82. The summed E-state index contributed by atoms with van der Waals surface area (Å²) in [6, 6.07) is 9.41. The van der Waals surface area contributed by atoms with E-state index in [2.05, 4.69) is 10.1 Å². The van der Waals surface area contributed by atoms with E-state index in [0.29, 0.717) is 6.42 Å². The first-order valence-corrected chi connectivity index (χ1v) is 6.07. The van der Waals surface area contributed by atoms with E-state index >= 15 is 0 Å². The molecule has 1 atom stereocenters. The van der Waals surface area contributed by atoms with E-state index in [9.17, 15) is 13.2 Å². The first-order valence-electron chi connectivity index (χ1n) is 6.07. The van der Waals surface area contributed by atoms with Gasteiger partial charge in [-0.05, 0) is 43.3 Å². The summed E-state index contributed by atoms with van der Waals surface area (Å²) in [6.45, 7) is 1.96. The zero-order valence-electron chi connectivity index (χ0n) is 10.8. The van der Waals surface area contributed by atoms with Crippen LogP contribution in [0.4, 0.5) is 18.9 Å². The Labute approximate surface area is 114 Å². The van der Waals surface area contributed by atoms with Gasteiger partial charge in [-0.15, -0.1) is 13.2 Å². The van der Waals surface area contributed by atoms with E-state index in [1.54, 1.807) is 18.4 Å². The monoisotopic (exact) mass is 285 g/mol. The highest BCUT2D eigenvalue weighted by Crippen LogP contribution is 2.24. The van der Waals surface area contributed by atoms with Crippen LogP contribution in [-0.2, 0) is 6.42 Å². The Bertz CT molecular complexity index is 520. The average molecular weight is 285 g/mol. The second-order valence-electron chi connectivity index (χ2n) is 4.40. The standard InChI is InChI=1S/C14H14F3NO2/c1-10(9-13-3-2-8-19-13)18-11-4-6-12(7-5-11)20-14(15,16)17/h2-8,10,18H,9H2,1H3. The number of benzene rings is 1. The molecule has 0 spiro atoms. The number of ether oxygens (including phenoxy) is 1. The molecule has 0 fully saturated rings. The largest absolute Gasteiger partial charge is 0.573 e. The molecule has 0 radical (unpaired) electrons. The van der Waals surface area contributed by atoms with Crippen molar-refractivity contribution in [1.82, 2.24) is 0 Å². The van der Waals surface area contributed by atoms with Crippen molar-refractivity contribution in [2.45, 2.75) is 25.7 Å². The van der Waals surface area contributed by atoms with E-state index in [1.807, 2.05) is 19.1 Å². The van der Waals surface area contributed by atoms with Gasteiger partial charge in [-0.1, -0.05) is 0 Å². The Balaban J connectivity index is 1.90. The number of rotatable bonds is 5. The van der Waals surface area contributed by atoms with Crippen LogP contribution in [0.25, 0.3) is 0 Å². The number of hydrogen-bond donors (Lipinski definition) is 1. The highest BCUT2D eigenvalue weighted by molar-refractivity contribution is 5.47. The zero-order chi connectivity index (χ0) is 14.6. The van der Waals surface area contributed by atoms with Crippen LogP contribution in [0, 0.1) is 0 Å². The van der Waals surface area contributed by atoms with Crippen LogP contribution in [-0.4, -0.2) is 12.4 Å². The van der Waals surface area contributed by atoms with E-state index < -0.39 is 6.36 Å². The van der Waals surface area contributed by atoms with Gasteiger partial charge < -0.3 is 14.5 Å². The van der Waals surface area contributed by atoms with E-state index in [0.717, 1.165) is 11.4 Å². The van der Waals surface area contributed by atoms with E-state index in [-0.39, 0.29) is 11.8 Å². The van der Waals surface area contributed by atoms with Crippen LogP contribution in [0.1, 0.15) is 12.7 Å². The molecular weight excluding hydrogens is 271 g/mol. The maximum absolute atomic E-state index is 12.0. The molecule has 0 aliphatic carbocycles. The first kappa shape index (κ1) is 14.3. The number of alkyl halides is 3. The minimum Gasteiger partial charge on any atom is -0.469 e. The Kier molecular flexibility index (Phi) is 4.22. The van der Waals surface area contributed by atoms with Gasteiger partial charge in [0.25, 0.3) is 0 Å². The molecule has 1 unspecified atom stereocenters. The molecule has 6 heteroatoms. The molecule has 0 aliphatic rings. The van der Waals surface area contributed by atoms with Crippen LogP contribution in [0.15, 0.2) is 47.1 Å². The molecule has 108 valence electrons. The number of furan rings is 1. The summed E-state index contributed by atoms with van der Waals surface area (Å²) in [4.78, 5) is 0. The quantitative estimate of drug-likeness (QED) is 0.893. The number of anilines is 1. The topological polar surface area (TPSA) is 34.4 Å². The minimum absolute atomic E-state index is 0.0931. The fourth-order valence-electron chi connectivity index (χ4n) is 1.82. The molecule has 2 rings (SSSR count). The van der Waals surface area contributed by atoms with Crippen molar-refractivity contribution in [3.63, 3.8) is 0 Å². The molecular formula is C14H14F3NO2. The van der Waals surface area contributed by atoms with Crippen molar-refractivity contribution in [1.29, 1.82) is 0 Å². The summed E-state index contributed by atoms with van der Waals surface area (Å²) in [5.74, 6) is 0.615. The second kappa shape index (κ2) is 5.90. The lowest BCUT2D eigenvalue weighted by molar-refractivity contribution is -0.274. The number of halogens is 3. The first-order chi connectivity index (χ1) is 9.42.